The fraction of sp³-hybridized carbons (Fsp3) is 0.474. The Morgan fingerprint density at radius 2 is 2.20 bits per heavy atom. The predicted molar refractivity (Wildman–Crippen MR) is 94.2 cm³/mol. The van der Waals surface area contributed by atoms with E-state index in [2.05, 4.69) is 16.4 Å². The molecule has 25 heavy (non-hydrogen) atoms. The van der Waals surface area contributed by atoms with Gasteiger partial charge in [-0.1, -0.05) is 18.2 Å². The molecule has 1 saturated heterocycles. The highest BCUT2D eigenvalue weighted by Gasteiger charge is 2.16. The second-order valence-electron chi connectivity index (χ2n) is 6.31. The van der Waals surface area contributed by atoms with Gasteiger partial charge in [0.1, 0.15) is 0 Å². The average molecular weight is 344 g/mol. The van der Waals surface area contributed by atoms with Crippen molar-refractivity contribution in [2.45, 2.75) is 38.2 Å². The van der Waals surface area contributed by atoms with E-state index in [1.165, 1.54) is 10.9 Å². The van der Waals surface area contributed by atoms with Crippen LogP contribution in [0.1, 0.15) is 31.2 Å². The normalized spacial score (nSPS) is 16.9. The average Bonchev–Trinajstić information content (AvgIpc) is 3.28. The molecule has 6 heteroatoms. The van der Waals surface area contributed by atoms with Gasteiger partial charge in [-0.25, -0.2) is 0 Å². The highest BCUT2D eigenvalue weighted by atomic mass is 16.5. The molecule has 1 aliphatic rings. The Kier molecular flexibility index (Phi) is 6.06. The lowest BCUT2D eigenvalue weighted by Gasteiger charge is -2.10. The molecule has 0 bridgehead atoms. The third kappa shape index (κ3) is 5.06. The molecule has 2 heterocycles. The summed E-state index contributed by atoms with van der Waals surface area (Å²) in [6.07, 6.45) is 5.87. The summed E-state index contributed by atoms with van der Waals surface area (Å²) in [6.45, 7) is 1.02. The van der Waals surface area contributed by atoms with E-state index in [0.717, 1.165) is 31.4 Å². The number of aromatic amines is 1. The lowest BCUT2D eigenvalue weighted by molar-refractivity contribution is -0.148. The van der Waals surface area contributed by atoms with Crippen molar-refractivity contribution in [3.05, 3.63) is 36.0 Å². The van der Waals surface area contributed by atoms with Crippen LogP contribution in [0.3, 0.4) is 0 Å². The monoisotopic (exact) mass is 344 g/mol. The Bertz CT molecular complexity index is 719. The van der Waals surface area contributed by atoms with Gasteiger partial charge in [0.2, 0.25) is 0 Å². The first-order chi connectivity index (χ1) is 12.2. The highest BCUT2D eigenvalue weighted by Crippen LogP contribution is 2.19. The maximum Gasteiger partial charge on any atom is 0.306 e. The van der Waals surface area contributed by atoms with Gasteiger partial charge < -0.3 is 19.8 Å². The van der Waals surface area contributed by atoms with E-state index in [4.69, 9.17) is 9.47 Å². The Morgan fingerprint density at radius 1 is 1.32 bits per heavy atom. The molecule has 0 aliphatic carbocycles. The molecule has 1 atom stereocenters. The van der Waals surface area contributed by atoms with Crippen LogP contribution in [0.25, 0.3) is 10.9 Å². The zero-order chi connectivity index (χ0) is 17.5. The summed E-state index contributed by atoms with van der Waals surface area (Å²) >= 11 is 0. The number of para-hydroxylation sites is 1. The van der Waals surface area contributed by atoms with E-state index in [1.807, 2.05) is 24.4 Å². The number of fused-ring (bicyclic) bond motifs is 1. The van der Waals surface area contributed by atoms with Crippen LogP contribution >= 0.6 is 0 Å². The Hall–Kier alpha value is -2.34. The summed E-state index contributed by atoms with van der Waals surface area (Å²) in [5, 5.41) is 3.92. The first-order valence-corrected chi connectivity index (χ1v) is 8.81. The van der Waals surface area contributed by atoms with E-state index in [9.17, 15) is 9.59 Å². The van der Waals surface area contributed by atoms with E-state index >= 15 is 0 Å². The molecule has 3 rings (SSSR count). The van der Waals surface area contributed by atoms with Crippen LogP contribution in [0.2, 0.25) is 0 Å². The third-order valence-corrected chi connectivity index (χ3v) is 4.42. The van der Waals surface area contributed by atoms with E-state index in [-0.39, 0.29) is 24.6 Å². The molecule has 6 nitrogen and oxygen atoms in total. The number of carbonyl (C=O) groups is 2. The minimum Gasteiger partial charge on any atom is -0.456 e. The summed E-state index contributed by atoms with van der Waals surface area (Å²) in [4.78, 5) is 26.7. The van der Waals surface area contributed by atoms with Gasteiger partial charge in [0.15, 0.2) is 6.61 Å². The van der Waals surface area contributed by atoms with Gasteiger partial charge in [-0.3, -0.25) is 9.59 Å². The van der Waals surface area contributed by atoms with Crippen molar-refractivity contribution in [3.8, 4) is 0 Å². The highest BCUT2D eigenvalue weighted by molar-refractivity contribution is 5.83. The van der Waals surface area contributed by atoms with Crippen LogP contribution in [0, 0.1) is 0 Å². The first-order valence-electron chi connectivity index (χ1n) is 8.81. The van der Waals surface area contributed by atoms with Gasteiger partial charge in [-0.2, -0.15) is 0 Å². The maximum absolute atomic E-state index is 11.8. The largest absolute Gasteiger partial charge is 0.456 e. The lowest BCUT2D eigenvalue weighted by Crippen LogP contribution is -2.34. The van der Waals surface area contributed by atoms with Gasteiger partial charge in [0.25, 0.3) is 5.91 Å². The fourth-order valence-corrected chi connectivity index (χ4v) is 3.06. The number of benzene rings is 1. The lowest BCUT2D eigenvalue weighted by atomic mass is 10.1. The van der Waals surface area contributed by atoms with Crippen molar-refractivity contribution in [3.63, 3.8) is 0 Å². The maximum atomic E-state index is 11.8. The van der Waals surface area contributed by atoms with Gasteiger partial charge in [-0.15, -0.1) is 0 Å². The van der Waals surface area contributed by atoms with Crippen molar-refractivity contribution in [2.24, 2.45) is 0 Å². The second-order valence-corrected chi connectivity index (χ2v) is 6.31. The zero-order valence-corrected chi connectivity index (χ0v) is 14.3. The number of hydrogen-bond donors (Lipinski definition) is 2. The molecule has 1 fully saturated rings. The van der Waals surface area contributed by atoms with Crippen molar-refractivity contribution < 1.29 is 19.1 Å². The number of H-pyrrole nitrogens is 1. The van der Waals surface area contributed by atoms with Crippen molar-refractivity contribution in [1.82, 2.24) is 10.3 Å². The van der Waals surface area contributed by atoms with Crippen LogP contribution in [0.4, 0.5) is 0 Å². The molecule has 134 valence electrons. The molecule has 0 radical (unpaired) electrons. The van der Waals surface area contributed by atoms with Crippen molar-refractivity contribution in [2.75, 3.05) is 19.8 Å². The number of amides is 1. The number of nitrogens with one attached hydrogen (secondary N) is 2. The molecular weight excluding hydrogens is 320 g/mol. The van der Waals surface area contributed by atoms with Crippen LogP contribution in [-0.4, -0.2) is 42.7 Å². The standard InChI is InChI=1S/C19H24N2O4/c22-18(21-12-15-6-4-10-24-15)13-25-19(23)9-3-5-14-11-20-17-8-2-1-7-16(14)17/h1-2,7-8,11,15,20H,3-6,9-10,12-13H2,(H,21,22)/t15-/m0/s1. The number of carbonyl (C=O) groups excluding carboxylic acids is 2. The quantitative estimate of drug-likeness (QED) is 0.720. The van der Waals surface area contributed by atoms with Gasteiger partial charge >= 0.3 is 5.97 Å². The zero-order valence-electron chi connectivity index (χ0n) is 14.3. The topological polar surface area (TPSA) is 80.4 Å². The summed E-state index contributed by atoms with van der Waals surface area (Å²) < 4.78 is 10.4. The van der Waals surface area contributed by atoms with Crippen LogP contribution < -0.4 is 5.32 Å². The number of ether oxygens (including phenoxy) is 2. The van der Waals surface area contributed by atoms with Crippen molar-refractivity contribution >= 4 is 22.8 Å². The van der Waals surface area contributed by atoms with Gasteiger partial charge in [-0.05, 0) is 37.3 Å². The summed E-state index contributed by atoms with van der Waals surface area (Å²) in [5.74, 6) is -0.618. The smallest absolute Gasteiger partial charge is 0.306 e. The molecule has 0 unspecified atom stereocenters. The van der Waals surface area contributed by atoms with E-state index in [1.54, 1.807) is 0 Å². The number of hydrogen-bond acceptors (Lipinski definition) is 4. The first kappa shape index (κ1) is 17.5. The van der Waals surface area contributed by atoms with E-state index < -0.39 is 0 Å². The fourth-order valence-electron chi connectivity index (χ4n) is 3.06. The number of rotatable bonds is 8. The summed E-state index contributed by atoms with van der Waals surface area (Å²) in [6, 6.07) is 8.09. The molecule has 0 spiro atoms. The van der Waals surface area contributed by atoms with Crippen LogP contribution in [0.15, 0.2) is 30.5 Å². The molecule has 2 aromatic rings. The molecule has 2 N–H and O–H groups in total. The molecule has 1 amide bonds. The molecule has 1 aliphatic heterocycles. The number of esters is 1. The number of aromatic nitrogens is 1. The summed E-state index contributed by atoms with van der Waals surface area (Å²) in [5.41, 5.74) is 2.29. The molecular formula is C19H24N2O4. The van der Waals surface area contributed by atoms with Crippen LogP contribution in [0.5, 0.6) is 0 Å². The Labute approximate surface area is 146 Å². The Morgan fingerprint density at radius 3 is 3.04 bits per heavy atom. The minimum absolute atomic E-state index is 0.0934. The van der Waals surface area contributed by atoms with E-state index in [0.29, 0.717) is 19.4 Å². The summed E-state index contributed by atoms with van der Waals surface area (Å²) in [7, 11) is 0. The second kappa shape index (κ2) is 8.67. The SMILES string of the molecule is O=C(COC(=O)CCCc1c[nH]c2ccccc12)NC[C@@H]1CCCO1. The Balaban J connectivity index is 1.32. The number of aryl methyl sites for hydroxylation is 1. The van der Waals surface area contributed by atoms with Crippen LogP contribution in [-0.2, 0) is 25.5 Å². The molecule has 0 saturated carbocycles. The van der Waals surface area contributed by atoms with Gasteiger partial charge in [0, 0.05) is 36.7 Å². The minimum atomic E-state index is -0.341. The molecule has 1 aromatic heterocycles. The van der Waals surface area contributed by atoms with Gasteiger partial charge in [0.05, 0.1) is 6.10 Å². The van der Waals surface area contributed by atoms with Crippen molar-refractivity contribution in [1.29, 1.82) is 0 Å². The third-order valence-electron chi connectivity index (χ3n) is 4.42. The predicted octanol–water partition coefficient (Wildman–Crippen LogP) is 2.33. The molecule has 1 aromatic carbocycles.